The Morgan fingerprint density at radius 1 is 1.13 bits per heavy atom. The molecule has 130 valence electrons. The third-order valence-electron chi connectivity index (χ3n) is 3.13. The van der Waals surface area contributed by atoms with Crippen molar-refractivity contribution >= 4 is 15.8 Å². The van der Waals surface area contributed by atoms with Crippen molar-refractivity contribution in [1.29, 1.82) is 0 Å². The molecule has 0 aliphatic carbocycles. The molecule has 1 aromatic rings. The zero-order chi connectivity index (χ0) is 17.7. The summed E-state index contributed by atoms with van der Waals surface area (Å²) in [5.74, 6) is -1.59. The second-order valence-electron chi connectivity index (χ2n) is 5.10. The maximum atomic E-state index is 12.4. The molecule has 0 aliphatic rings. The highest BCUT2D eigenvalue weighted by atomic mass is 32.2. The van der Waals surface area contributed by atoms with Crippen LogP contribution < -0.4 is 0 Å². The fourth-order valence-electron chi connectivity index (χ4n) is 1.94. The maximum Gasteiger partial charge on any atom is 0.416 e. The number of aliphatic hydroxyl groups excluding tert-OH is 1. The van der Waals surface area contributed by atoms with Gasteiger partial charge in [-0.2, -0.15) is 13.2 Å². The van der Waals surface area contributed by atoms with Crippen molar-refractivity contribution < 1.29 is 36.6 Å². The van der Waals surface area contributed by atoms with E-state index in [2.05, 4.69) is 0 Å². The second kappa shape index (κ2) is 7.78. The summed E-state index contributed by atoms with van der Waals surface area (Å²) in [5.41, 5.74) is -0.953. The number of carboxylic acid groups (broad SMARTS) is 1. The van der Waals surface area contributed by atoms with Crippen LogP contribution >= 0.6 is 0 Å². The fourth-order valence-corrected chi connectivity index (χ4v) is 3.36. The van der Waals surface area contributed by atoms with Crippen LogP contribution in [-0.4, -0.2) is 36.5 Å². The van der Waals surface area contributed by atoms with Crippen molar-refractivity contribution in [2.75, 3.05) is 5.75 Å². The normalized spacial score (nSPS) is 13.7. The molecular weight excluding hydrogens is 337 g/mol. The molecular formula is C14H17F3O5S. The Kier molecular flexibility index (Phi) is 6.57. The topological polar surface area (TPSA) is 91.7 Å². The lowest BCUT2D eigenvalue weighted by molar-refractivity contribution is -0.138. The molecule has 0 fully saturated rings. The first kappa shape index (κ1) is 19.4. The lowest BCUT2D eigenvalue weighted by Crippen LogP contribution is -2.21. The molecule has 0 radical (unpaired) electrons. The third-order valence-corrected chi connectivity index (χ3v) is 4.94. The van der Waals surface area contributed by atoms with Crippen molar-refractivity contribution in [2.24, 2.45) is 0 Å². The van der Waals surface area contributed by atoms with Gasteiger partial charge in [-0.15, -0.1) is 0 Å². The quantitative estimate of drug-likeness (QED) is 0.700. The zero-order valence-electron chi connectivity index (χ0n) is 12.1. The van der Waals surface area contributed by atoms with Gasteiger partial charge >= 0.3 is 12.1 Å². The number of hydrogen-bond acceptors (Lipinski definition) is 4. The van der Waals surface area contributed by atoms with E-state index in [1.807, 2.05) is 0 Å². The van der Waals surface area contributed by atoms with Gasteiger partial charge in [0.05, 0.1) is 22.3 Å². The van der Waals surface area contributed by atoms with Crippen LogP contribution in [0.3, 0.4) is 0 Å². The van der Waals surface area contributed by atoms with Crippen LogP contribution in [0.5, 0.6) is 0 Å². The number of aliphatic hydroxyl groups is 1. The van der Waals surface area contributed by atoms with E-state index in [4.69, 9.17) is 5.11 Å². The number of rotatable bonds is 8. The van der Waals surface area contributed by atoms with Crippen LogP contribution in [0.25, 0.3) is 0 Å². The van der Waals surface area contributed by atoms with Gasteiger partial charge in [0.25, 0.3) is 0 Å². The van der Waals surface area contributed by atoms with E-state index in [9.17, 15) is 31.5 Å². The summed E-state index contributed by atoms with van der Waals surface area (Å²) in [6.07, 6.45) is -5.06. The summed E-state index contributed by atoms with van der Waals surface area (Å²) in [5, 5.41) is 18.1. The Morgan fingerprint density at radius 2 is 1.70 bits per heavy atom. The number of alkyl halides is 3. The van der Waals surface area contributed by atoms with Gasteiger partial charge in [-0.05, 0) is 37.1 Å². The monoisotopic (exact) mass is 354 g/mol. The molecule has 23 heavy (non-hydrogen) atoms. The second-order valence-corrected chi connectivity index (χ2v) is 7.13. The van der Waals surface area contributed by atoms with Crippen molar-refractivity contribution in [3.8, 4) is 0 Å². The van der Waals surface area contributed by atoms with E-state index in [1.54, 1.807) is 0 Å². The first-order valence-corrected chi connectivity index (χ1v) is 8.47. The Bertz CT molecular complexity index is 623. The van der Waals surface area contributed by atoms with Gasteiger partial charge in [0, 0.05) is 6.42 Å². The molecule has 0 saturated heterocycles. The summed E-state index contributed by atoms with van der Waals surface area (Å²) < 4.78 is 61.3. The minimum absolute atomic E-state index is 0.0711. The maximum absolute atomic E-state index is 12.4. The fraction of sp³-hybridized carbons (Fsp3) is 0.500. The first-order valence-electron chi connectivity index (χ1n) is 6.82. The minimum Gasteiger partial charge on any atom is -0.481 e. The van der Waals surface area contributed by atoms with Crippen molar-refractivity contribution in [3.05, 3.63) is 29.8 Å². The molecule has 0 aromatic heterocycles. The number of halogens is 3. The highest BCUT2D eigenvalue weighted by Gasteiger charge is 2.30. The van der Waals surface area contributed by atoms with Gasteiger partial charge in [0.2, 0.25) is 0 Å². The molecule has 0 spiro atoms. The van der Waals surface area contributed by atoms with Gasteiger partial charge in [0.15, 0.2) is 9.84 Å². The van der Waals surface area contributed by atoms with Crippen molar-refractivity contribution in [2.45, 2.75) is 42.9 Å². The largest absolute Gasteiger partial charge is 0.481 e. The number of hydrogen-bond donors (Lipinski definition) is 2. The van der Waals surface area contributed by atoms with Crippen LogP contribution in [-0.2, 0) is 20.8 Å². The average molecular weight is 354 g/mol. The number of sulfone groups is 1. The lowest BCUT2D eigenvalue weighted by atomic mass is 10.1. The van der Waals surface area contributed by atoms with Crippen LogP contribution in [0.2, 0.25) is 0 Å². The highest BCUT2D eigenvalue weighted by Crippen LogP contribution is 2.30. The Hall–Kier alpha value is -1.61. The van der Waals surface area contributed by atoms with Crippen LogP contribution in [0, 0.1) is 0 Å². The van der Waals surface area contributed by atoms with E-state index in [-0.39, 0.29) is 17.7 Å². The third kappa shape index (κ3) is 6.57. The Labute approximate surface area is 131 Å². The van der Waals surface area contributed by atoms with Gasteiger partial charge < -0.3 is 10.2 Å². The van der Waals surface area contributed by atoms with Crippen molar-refractivity contribution in [3.63, 3.8) is 0 Å². The smallest absolute Gasteiger partial charge is 0.416 e. The molecule has 1 atom stereocenters. The summed E-state index contributed by atoms with van der Waals surface area (Å²) in [6.45, 7) is 0. The molecule has 1 rings (SSSR count). The standard InChI is InChI=1S/C14H17F3O5S/c15-14(16,17)10-5-7-12(8-6-10)23(21,22)9-11(18)3-1-2-4-13(19)20/h5-8,11,18H,1-4,9H2,(H,19,20). The molecule has 9 heteroatoms. The predicted octanol–water partition coefficient (Wildman–Crippen LogP) is 2.49. The Morgan fingerprint density at radius 3 is 2.17 bits per heavy atom. The zero-order valence-corrected chi connectivity index (χ0v) is 12.9. The van der Waals surface area contributed by atoms with Gasteiger partial charge in [-0.3, -0.25) is 4.79 Å². The number of aliphatic carboxylic acids is 1. The summed E-state index contributed by atoms with van der Waals surface area (Å²) in [4.78, 5) is 10.0. The minimum atomic E-state index is -4.55. The molecule has 0 saturated carbocycles. The lowest BCUT2D eigenvalue weighted by Gasteiger charge is -2.12. The van der Waals surface area contributed by atoms with Gasteiger partial charge in [-0.1, -0.05) is 6.42 Å². The molecule has 0 heterocycles. The number of carboxylic acids is 1. The predicted molar refractivity (Wildman–Crippen MR) is 75.6 cm³/mol. The SMILES string of the molecule is O=C(O)CCCCC(O)CS(=O)(=O)c1ccc(C(F)(F)F)cc1. The number of unbranched alkanes of at least 4 members (excludes halogenated alkanes) is 1. The molecule has 2 N–H and O–H groups in total. The molecule has 1 unspecified atom stereocenters. The van der Waals surface area contributed by atoms with Gasteiger partial charge in [-0.25, -0.2) is 8.42 Å². The van der Waals surface area contributed by atoms with E-state index in [0.717, 1.165) is 12.1 Å². The molecule has 0 aliphatic heterocycles. The summed E-state index contributed by atoms with van der Waals surface area (Å²) in [6, 6.07) is 3.06. The first-order chi connectivity index (χ1) is 10.5. The van der Waals surface area contributed by atoms with E-state index in [1.165, 1.54) is 0 Å². The molecule has 0 amide bonds. The Balaban J connectivity index is 2.63. The van der Waals surface area contributed by atoms with Crippen molar-refractivity contribution in [1.82, 2.24) is 0 Å². The summed E-state index contributed by atoms with van der Waals surface area (Å²) in [7, 11) is -3.91. The van der Waals surface area contributed by atoms with E-state index in [0.29, 0.717) is 25.0 Å². The van der Waals surface area contributed by atoms with Crippen LogP contribution in [0.4, 0.5) is 13.2 Å². The molecule has 1 aromatic carbocycles. The molecule has 0 bridgehead atoms. The number of carbonyl (C=O) groups is 1. The average Bonchev–Trinajstić information content (AvgIpc) is 2.42. The van der Waals surface area contributed by atoms with Crippen LogP contribution in [0.15, 0.2) is 29.2 Å². The van der Waals surface area contributed by atoms with Crippen LogP contribution in [0.1, 0.15) is 31.2 Å². The van der Waals surface area contributed by atoms with Gasteiger partial charge in [0.1, 0.15) is 0 Å². The summed E-state index contributed by atoms with van der Waals surface area (Å²) >= 11 is 0. The van der Waals surface area contributed by atoms with E-state index < -0.39 is 39.4 Å². The molecule has 5 nitrogen and oxygen atoms in total. The van der Waals surface area contributed by atoms with E-state index >= 15 is 0 Å². The number of benzene rings is 1. The highest BCUT2D eigenvalue weighted by molar-refractivity contribution is 7.91.